The number of rotatable bonds is 6. The summed E-state index contributed by atoms with van der Waals surface area (Å²) in [5.41, 5.74) is 4.72. The molecule has 0 bridgehead atoms. The van der Waals surface area contributed by atoms with Crippen LogP contribution in [0.2, 0.25) is 0 Å². The summed E-state index contributed by atoms with van der Waals surface area (Å²) in [6, 6.07) is 33.8. The van der Waals surface area contributed by atoms with Crippen molar-refractivity contribution in [3.8, 4) is 33.8 Å². The van der Waals surface area contributed by atoms with Gasteiger partial charge in [-0.2, -0.15) is 0 Å². The Kier molecular flexibility index (Phi) is 6.20. The Balaban J connectivity index is 1.97. The summed E-state index contributed by atoms with van der Waals surface area (Å²) in [7, 11) is 3.47. The van der Waals surface area contributed by atoms with Crippen molar-refractivity contribution in [1.82, 2.24) is 0 Å². The monoisotopic (exact) mass is 496 g/mol. The summed E-state index contributed by atoms with van der Waals surface area (Å²) >= 11 is -0.638. The van der Waals surface area contributed by atoms with Gasteiger partial charge in [0.05, 0.1) is 0 Å². The number of ether oxygens (including phenoxy) is 2. The van der Waals surface area contributed by atoms with E-state index < -0.39 is 20.9 Å². The van der Waals surface area contributed by atoms with Gasteiger partial charge in [0.15, 0.2) is 0 Å². The van der Waals surface area contributed by atoms with Crippen LogP contribution in [0.4, 0.5) is 0 Å². The number of methoxy groups -OCH3 is 2. The van der Waals surface area contributed by atoms with Crippen LogP contribution >= 0.6 is 0 Å². The van der Waals surface area contributed by atoms with Crippen molar-refractivity contribution in [2.45, 2.75) is 0 Å². The first-order chi connectivity index (χ1) is 14.3. The van der Waals surface area contributed by atoms with Crippen LogP contribution in [-0.2, 0) is 0 Å². The van der Waals surface area contributed by atoms with E-state index in [4.69, 9.17) is 9.47 Å². The summed E-state index contributed by atoms with van der Waals surface area (Å²) in [6.45, 7) is 0. The number of para-hydroxylation sites is 2. The predicted octanol–water partition coefficient (Wildman–Crippen LogP) is 4.69. The summed E-state index contributed by atoms with van der Waals surface area (Å²) in [4.78, 5) is 0. The zero-order valence-electron chi connectivity index (χ0n) is 16.5. The second-order valence-corrected chi connectivity index (χ2v) is 9.59. The van der Waals surface area contributed by atoms with Crippen LogP contribution in [0.15, 0.2) is 97.1 Å². The van der Waals surface area contributed by atoms with Gasteiger partial charge in [0.25, 0.3) is 0 Å². The normalized spacial score (nSPS) is 10.6. The zero-order chi connectivity index (χ0) is 20.1. The molecule has 4 aromatic rings. The predicted molar refractivity (Wildman–Crippen MR) is 122 cm³/mol. The van der Waals surface area contributed by atoms with Gasteiger partial charge in [-0.15, -0.1) is 0 Å². The van der Waals surface area contributed by atoms with Crippen LogP contribution in [-0.4, -0.2) is 35.1 Å². The Hall–Kier alpha value is -2.73. The molecule has 3 heteroatoms. The van der Waals surface area contributed by atoms with Crippen molar-refractivity contribution in [3.63, 3.8) is 0 Å². The van der Waals surface area contributed by atoms with Gasteiger partial charge >= 0.3 is 183 Å². The first kappa shape index (κ1) is 19.6. The van der Waals surface area contributed by atoms with Gasteiger partial charge in [0.1, 0.15) is 0 Å². The fraction of sp³-hybridized carbons (Fsp3) is 0.0769. The van der Waals surface area contributed by atoms with Crippen LogP contribution in [0, 0.1) is 0 Å². The first-order valence-electron chi connectivity index (χ1n) is 9.44. The third-order valence-electron chi connectivity index (χ3n) is 4.77. The Labute approximate surface area is 182 Å². The molecule has 144 valence electrons. The van der Waals surface area contributed by atoms with E-state index in [9.17, 15) is 0 Å². The van der Waals surface area contributed by atoms with Crippen LogP contribution in [0.1, 0.15) is 0 Å². The molecule has 2 nitrogen and oxygen atoms in total. The summed E-state index contributed by atoms with van der Waals surface area (Å²) in [6.07, 6.45) is 0. The maximum atomic E-state index is 5.69. The minimum atomic E-state index is -0.638. The molecular weight excluding hydrogens is 472 g/mol. The Morgan fingerprint density at radius 3 is 1.45 bits per heavy atom. The van der Waals surface area contributed by atoms with E-state index >= 15 is 0 Å². The third kappa shape index (κ3) is 4.17. The van der Waals surface area contributed by atoms with Crippen LogP contribution in [0.5, 0.6) is 11.5 Å². The molecule has 0 saturated heterocycles. The Morgan fingerprint density at radius 2 is 0.931 bits per heavy atom. The van der Waals surface area contributed by atoms with E-state index in [1.54, 1.807) is 14.2 Å². The van der Waals surface area contributed by atoms with Crippen LogP contribution < -0.4 is 16.7 Å². The van der Waals surface area contributed by atoms with E-state index in [1.165, 1.54) is 18.3 Å². The zero-order valence-corrected chi connectivity index (χ0v) is 18.8. The number of hydrogen-bond acceptors (Lipinski definition) is 2. The van der Waals surface area contributed by atoms with Crippen molar-refractivity contribution in [1.29, 1.82) is 0 Å². The van der Waals surface area contributed by atoms with E-state index in [0.29, 0.717) is 0 Å². The van der Waals surface area contributed by atoms with Gasteiger partial charge in [-0.05, 0) is 0 Å². The van der Waals surface area contributed by atoms with Crippen molar-refractivity contribution >= 4 is 28.1 Å². The standard InChI is InChI=1S/C26H22O2Te/c1-27-24-17-8-6-13-20(24)22-15-10-16-23(21-14-7-9-18-25(21)28-2)26(22)29-19-11-4-3-5-12-19/h3-18H,1-2H3. The summed E-state index contributed by atoms with van der Waals surface area (Å²) in [5, 5.41) is 0. The van der Waals surface area contributed by atoms with Gasteiger partial charge in [-0.1, -0.05) is 0 Å². The molecule has 0 aliphatic carbocycles. The van der Waals surface area contributed by atoms with Crippen LogP contribution in [0.3, 0.4) is 0 Å². The molecule has 0 amide bonds. The van der Waals surface area contributed by atoms with Gasteiger partial charge < -0.3 is 0 Å². The molecule has 4 aromatic carbocycles. The van der Waals surface area contributed by atoms with E-state index in [1.807, 2.05) is 24.3 Å². The average Bonchev–Trinajstić information content (AvgIpc) is 2.80. The van der Waals surface area contributed by atoms with Crippen molar-refractivity contribution in [2.24, 2.45) is 0 Å². The molecule has 0 spiro atoms. The molecule has 0 saturated carbocycles. The Bertz CT molecular complexity index is 1040. The van der Waals surface area contributed by atoms with E-state index in [2.05, 4.69) is 72.8 Å². The second-order valence-electron chi connectivity index (χ2n) is 6.50. The quantitative estimate of drug-likeness (QED) is 0.363. The molecule has 0 radical (unpaired) electrons. The van der Waals surface area contributed by atoms with Gasteiger partial charge in [-0.25, -0.2) is 0 Å². The fourth-order valence-corrected chi connectivity index (χ4v) is 6.57. The summed E-state index contributed by atoms with van der Waals surface area (Å²) in [5.74, 6) is 1.79. The van der Waals surface area contributed by atoms with Crippen LogP contribution in [0.25, 0.3) is 22.3 Å². The van der Waals surface area contributed by atoms with Gasteiger partial charge in [-0.3, -0.25) is 0 Å². The van der Waals surface area contributed by atoms with Crippen molar-refractivity contribution in [2.75, 3.05) is 14.2 Å². The molecular formula is C26H22O2Te. The van der Waals surface area contributed by atoms with Crippen molar-refractivity contribution < 1.29 is 9.47 Å². The fourth-order valence-electron chi connectivity index (χ4n) is 3.41. The number of benzene rings is 4. The molecule has 0 N–H and O–H groups in total. The van der Waals surface area contributed by atoms with Crippen molar-refractivity contribution in [3.05, 3.63) is 97.1 Å². The molecule has 0 aliphatic heterocycles. The van der Waals surface area contributed by atoms with Gasteiger partial charge in [0, 0.05) is 0 Å². The molecule has 0 aliphatic rings. The molecule has 0 atom stereocenters. The second kappa shape index (κ2) is 9.18. The molecule has 0 fully saturated rings. The Morgan fingerprint density at radius 1 is 0.483 bits per heavy atom. The topological polar surface area (TPSA) is 18.5 Å². The van der Waals surface area contributed by atoms with E-state index in [-0.39, 0.29) is 0 Å². The minimum absolute atomic E-state index is 0.638. The molecule has 0 aromatic heterocycles. The number of hydrogen-bond donors (Lipinski definition) is 0. The third-order valence-corrected chi connectivity index (χ3v) is 8.06. The molecule has 29 heavy (non-hydrogen) atoms. The summed E-state index contributed by atoms with van der Waals surface area (Å²) < 4.78 is 14.2. The molecule has 0 heterocycles. The van der Waals surface area contributed by atoms with Gasteiger partial charge in [0.2, 0.25) is 0 Å². The average molecular weight is 494 g/mol. The molecule has 4 rings (SSSR count). The maximum absolute atomic E-state index is 5.69. The van der Waals surface area contributed by atoms with E-state index in [0.717, 1.165) is 22.6 Å². The molecule has 0 unspecified atom stereocenters. The first-order valence-corrected chi connectivity index (χ1v) is 11.8. The SMILES string of the molecule is COc1ccccc1-c1cccc(-c2ccccc2OC)c1[Te]c1ccccc1.